The molecule has 0 bridgehead atoms. The van der Waals surface area contributed by atoms with Crippen LogP contribution in [0.2, 0.25) is 5.02 Å². The van der Waals surface area contributed by atoms with Gasteiger partial charge in [0, 0.05) is 33.7 Å². The Labute approximate surface area is 171 Å². The lowest BCUT2D eigenvalue weighted by molar-refractivity contribution is 0.454. The van der Waals surface area contributed by atoms with E-state index < -0.39 is 0 Å². The van der Waals surface area contributed by atoms with Crippen molar-refractivity contribution >= 4 is 28.9 Å². The maximum atomic E-state index is 5.96. The van der Waals surface area contributed by atoms with E-state index in [-0.39, 0.29) is 5.54 Å². The Hall–Kier alpha value is -2.59. The highest BCUT2D eigenvalue weighted by atomic mass is 35.5. The Balaban J connectivity index is 1.68. The van der Waals surface area contributed by atoms with E-state index in [1.54, 1.807) is 6.20 Å². The van der Waals surface area contributed by atoms with Crippen LogP contribution in [0.1, 0.15) is 44.2 Å². The van der Waals surface area contributed by atoms with Crippen molar-refractivity contribution in [3.63, 3.8) is 0 Å². The Bertz CT molecular complexity index is 1010. The number of anilines is 3. The van der Waals surface area contributed by atoms with E-state index >= 15 is 0 Å². The average molecular weight is 393 g/mol. The molecule has 1 aromatic heterocycles. The zero-order chi connectivity index (χ0) is 19.9. The first-order valence-corrected chi connectivity index (χ1v) is 9.97. The number of fused-ring (bicyclic) bond motifs is 1. The predicted molar refractivity (Wildman–Crippen MR) is 118 cm³/mol. The molecular weight excluding hydrogens is 368 g/mol. The van der Waals surface area contributed by atoms with Gasteiger partial charge in [-0.3, -0.25) is 0 Å². The molecule has 28 heavy (non-hydrogen) atoms. The highest BCUT2D eigenvalue weighted by Crippen LogP contribution is 2.41. The van der Waals surface area contributed by atoms with Crippen LogP contribution in [0.5, 0.6) is 0 Å². The van der Waals surface area contributed by atoms with Gasteiger partial charge in [-0.1, -0.05) is 18.5 Å². The van der Waals surface area contributed by atoms with Crippen LogP contribution < -0.4 is 10.6 Å². The topological polar surface area (TPSA) is 49.8 Å². The molecule has 3 aromatic rings. The zero-order valence-electron chi connectivity index (χ0n) is 16.7. The number of benzene rings is 2. The summed E-state index contributed by atoms with van der Waals surface area (Å²) in [4.78, 5) is 9.11. The predicted octanol–water partition coefficient (Wildman–Crippen LogP) is 6.55. The number of nitrogens with zero attached hydrogens (tertiary/aromatic N) is 2. The van der Waals surface area contributed by atoms with Gasteiger partial charge in [-0.25, -0.2) is 9.97 Å². The Morgan fingerprint density at radius 2 is 1.89 bits per heavy atom. The molecule has 0 radical (unpaired) electrons. The Morgan fingerprint density at radius 3 is 2.64 bits per heavy atom. The van der Waals surface area contributed by atoms with E-state index in [0.717, 1.165) is 23.4 Å². The van der Waals surface area contributed by atoms with Crippen molar-refractivity contribution in [2.24, 2.45) is 0 Å². The van der Waals surface area contributed by atoms with Crippen LogP contribution in [0.4, 0.5) is 17.3 Å². The molecule has 0 fully saturated rings. The van der Waals surface area contributed by atoms with Gasteiger partial charge in [-0.2, -0.15) is 0 Å². The first kappa shape index (κ1) is 18.8. The molecule has 0 aliphatic carbocycles. The lowest BCUT2D eigenvalue weighted by Gasteiger charge is -2.38. The molecule has 4 nitrogen and oxygen atoms in total. The average Bonchev–Trinajstić information content (AvgIpc) is 2.62. The summed E-state index contributed by atoms with van der Waals surface area (Å²) in [5.41, 5.74) is 6.88. The van der Waals surface area contributed by atoms with Crippen molar-refractivity contribution in [3.8, 4) is 11.3 Å². The van der Waals surface area contributed by atoms with Gasteiger partial charge in [0.25, 0.3) is 0 Å². The van der Waals surface area contributed by atoms with E-state index in [0.29, 0.717) is 16.9 Å². The van der Waals surface area contributed by atoms with Crippen LogP contribution in [-0.2, 0) is 0 Å². The molecule has 1 aliphatic rings. The summed E-state index contributed by atoms with van der Waals surface area (Å²) < 4.78 is 0. The van der Waals surface area contributed by atoms with Crippen LogP contribution in [0.15, 0.2) is 48.7 Å². The van der Waals surface area contributed by atoms with Crippen molar-refractivity contribution in [2.45, 2.75) is 45.6 Å². The van der Waals surface area contributed by atoms with Crippen molar-refractivity contribution < 1.29 is 0 Å². The second-order valence-electron chi connectivity index (χ2n) is 8.27. The molecule has 5 heteroatoms. The van der Waals surface area contributed by atoms with Crippen molar-refractivity contribution in [3.05, 3.63) is 64.8 Å². The number of hydrogen-bond donors (Lipinski definition) is 2. The van der Waals surface area contributed by atoms with Crippen LogP contribution in [0, 0.1) is 6.92 Å². The van der Waals surface area contributed by atoms with Crippen LogP contribution >= 0.6 is 11.6 Å². The largest absolute Gasteiger partial charge is 0.380 e. The monoisotopic (exact) mass is 392 g/mol. The summed E-state index contributed by atoms with van der Waals surface area (Å²) in [5, 5.41) is 7.63. The number of hydrogen-bond acceptors (Lipinski definition) is 4. The van der Waals surface area contributed by atoms with E-state index in [4.69, 9.17) is 16.6 Å². The quantitative estimate of drug-likeness (QED) is 0.530. The molecule has 0 spiro atoms. The normalized spacial score (nSPS) is 17.5. The zero-order valence-corrected chi connectivity index (χ0v) is 17.4. The molecule has 2 aromatic carbocycles. The van der Waals surface area contributed by atoms with E-state index in [9.17, 15) is 0 Å². The van der Waals surface area contributed by atoms with Gasteiger partial charge in [0.2, 0.25) is 5.95 Å². The van der Waals surface area contributed by atoms with Gasteiger partial charge in [0.05, 0.1) is 5.69 Å². The lowest BCUT2D eigenvalue weighted by Crippen LogP contribution is -2.36. The van der Waals surface area contributed by atoms with E-state index in [1.807, 2.05) is 30.3 Å². The fraction of sp³-hybridized carbons (Fsp3) is 0.304. The highest BCUT2D eigenvalue weighted by molar-refractivity contribution is 6.30. The minimum absolute atomic E-state index is 0.116. The van der Waals surface area contributed by atoms with Gasteiger partial charge in [0.15, 0.2) is 0 Å². The first-order chi connectivity index (χ1) is 13.3. The van der Waals surface area contributed by atoms with Gasteiger partial charge >= 0.3 is 0 Å². The molecule has 4 rings (SSSR count). The van der Waals surface area contributed by atoms with Gasteiger partial charge in [-0.05, 0) is 86.7 Å². The Morgan fingerprint density at radius 1 is 1.14 bits per heavy atom. The third kappa shape index (κ3) is 3.83. The second kappa shape index (κ2) is 7.10. The van der Waals surface area contributed by atoms with Gasteiger partial charge < -0.3 is 10.6 Å². The van der Waals surface area contributed by atoms with Crippen molar-refractivity contribution in [1.29, 1.82) is 0 Å². The minimum atomic E-state index is 0.116. The molecule has 0 saturated heterocycles. The van der Waals surface area contributed by atoms with Gasteiger partial charge in [-0.15, -0.1) is 0 Å². The molecule has 1 unspecified atom stereocenters. The summed E-state index contributed by atoms with van der Waals surface area (Å²) in [6.45, 7) is 8.95. The third-order valence-corrected chi connectivity index (χ3v) is 5.50. The number of halogens is 1. The fourth-order valence-electron chi connectivity index (χ4n) is 4.04. The van der Waals surface area contributed by atoms with Crippen LogP contribution in [0.25, 0.3) is 11.3 Å². The summed E-state index contributed by atoms with van der Waals surface area (Å²) in [6.07, 6.45) is 2.90. The molecule has 1 aliphatic heterocycles. The molecule has 1 atom stereocenters. The number of aryl methyl sites for hydroxylation is 1. The molecule has 0 saturated carbocycles. The van der Waals surface area contributed by atoms with Crippen molar-refractivity contribution in [1.82, 2.24) is 9.97 Å². The summed E-state index contributed by atoms with van der Waals surface area (Å²) in [5.74, 6) is 1.07. The van der Waals surface area contributed by atoms with Crippen LogP contribution in [0.3, 0.4) is 0 Å². The SMILES string of the molecule is Cc1cc2c(cc1-c1ccnc(Nc3ccc(Cl)cc3)n1)C(C)CC(C)(C)N2. The summed E-state index contributed by atoms with van der Waals surface area (Å²) in [6, 6.07) is 14.0. The number of nitrogens with one attached hydrogen (secondary N) is 2. The maximum Gasteiger partial charge on any atom is 0.227 e. The smallest absolute Gasteiger partial charge is 0.227 e. The summed E-state index contributed by atoms with van der Waals surface area (Å²) >= 11 is 5.96. The molecule has 0 amide bonds. The molecule has 2 heterocycles. The second-order valence-corrected chi connectivity index (χ2v) is 8.70. The van der Waals surface area contributed by atoms with E-state index in [1.165, 1.54) is 16.8 Å². The van der Waals surface area contributed by atoms with Crippen LogP contribution in [-0.4, -0.2) is 15.5 Å². The number of rotatable bonds is 3. The highest BCUT2D eigenvalue weighted by Gasteiger charge is 2.29. The maximum absolute atomic E-state index is 5.96. The Kier molecular flexibility index (Phi) is 4.76. The molecule has 144 valence electrons. The van der Waals surface area contributed by atoms with Gasteiger partial charge in [0.1, 0.15) is 0 Å². The van der Waals surface area contributed by atoms with E-state index in [2.05, 4.69) is 55.4 Å². The third-order valence-electron chi connectivity index (χ3n) is 5.25. The first-order valence-electron chi connectivity index (χ1n) is 9.59. The summed E-state index contributed by atoms with van der Waals surface area (Å²) in [7, 11) is 0. The lowest BCUT2D eigenvalue weighted by atomic mass is 9.80. The fourth-order valence-corrected chi connectivity index (χ4v) is 4.16. The van der Waals surface area contributed by atoms with Crippen molar-refractivity contribution in [2.75, 3.05) is 10.6 Å². The molecule has 2 N–H and O–H groups in total. The molecular formula is C23H25ClN4. The minimum Gasteiger partial charge on any atom is -0.380 e. The number of aromatic nitrogens is 2. The standard InChI is InChI=1S/C23H25ClN4/c1-14-11-21-19(15(2)13-23(3,4)28-21)12-18(14)20-9-10-25-22(27-20)26-17-7-5-16(24)6-8-17/h5-12,15,28H,13H2,1-4H3,(H,25,26,27).